The van der Waals surface area contributed by atoms with E-state index in [4.69, 9.17) is 4.99 Å². The molecule has 1 atom stereocenters. The molecule has 1 aliphatic rings. The molecule has 130 valence electrons. The van der Waals surface area contributed by atoms with Gasteiger partial charge in [-0.3, -0.25) is 0 Å². The van der Waals surface area contributed by atoms with E-state index < -0.39 is 0 Å². The Morgan fingerprint density at radius 1 is 1.38 bits per heavy atom. The van der Waals surface area contributed by atoms with Crippen molar-refractivity contribution in [3.05, 3.63) is 34.0 Å². The highest BCUT2D eigenvalue weighted by Gasteiger charge is 2.15. The topological polar surface area (TPSA) is 67.1 Å². The van der Waals surface area contributed by atoms with Crippen LogP contribution in [-0.2, 0) is 19.5 Å². The summed E-state index contributed by atoms with van der Waals surface area (Å²) in [6.07, 6.45) is 3.46. The van der Waals surface area contributed by atoms with Crippen LogP contribution in [0.15, 0.2) is 21.8 Å². The lowest BCUT2D eigenvalue weighted by Crippen LogP contribution is -2.39. The summed E-state index contributed by atoms with van der Waals surface area (Å²) in [5.41, 5.74) is 1.37. The summed E-state index contributed by atoms with van der Waals surface area (Å²) in [5.74, 6) is 3.37. The normalized spacial score (nSPS) is 15.8. The summed E-state index contributed by atoms with van der Waals surface area (Å²) < 4.78 is 2.23. The zero-order valence-corrected chi connectivity index (χ0v) is 15.3. The van der Waals surface area contributed by atoms with Crippen LogP contribution in [0.4, 0.5) is 0 Å². The molecule has 0 amide bonds. The van der Waals surface area contributed by atoms with Crippen molar-refractivity contribution < 1.29 is 0 Å². The molecule has 2 N–H and O–H groups in total. The zero-order valence-electron chi connectivity index (χ0n) is 14.5. The van der Waals surface area contributed by atoms with Crippen molar-refractivity contribution in [3.8, 4) is 0 Å². The number of nitrogens with zero attached hydrogens (tertiary/aromatic N) is 4. The first-order chi connectivity index (χ1) is 11.8. The number of fused-ring (bicyclic) bond motifs is 1. The van der Waals surface area contributed by atoms with Crippen LogP contribution >= 0.6 is 11.3 Å². The van der Waals surface area contributed by atoms with Crippen molar-refractivity contribution in [2.45, 2.75) is 52.1 Å². The molecule has 0 bridgehead atoms. The Bertz CT molecular complexity index is 661. The number of aromatic nitrogens is 3. The Balaban J connectivity index is 1.60. The molecule has 3 heterocycles. The van der Waals surface area contributed by atoms with Gasteiger partial charge in [0.1, 0.15) is 12.4 Å². The van der Waals surface area contributed by atoms with Crippen LogP contribution in [0, 0.1) is 0 Å². The van der Waals surface area contributed by atoms with E-state index in [1.54, 1.807) is 11.3 Å². The molecule has 1 unspecified atom stereocenters. The monoisotopic (exact) mass is 346 g/mol. The van der Waals surface area contributed by atoms with Crippen molar-refractivity contribution in [3.63, 3.8) is 0 Å². The maximum atomic E-state index is 4.69. The molecular formula is C17H26N6S. The van der Waals surface area contributed by atoms with E-state index in [0.29, 0.717) is 12.5 Å². The van der Waals surface area contributed by atoms with Gasteiger partial charge in [0.25, 0.3) is 0 Å². The molecular weight excluding hydrogens is 320 g/mol. The fraction of sp³-hybridized carbons (Fsp3) is 0.588. The summed E-state index contributed by atoms with van der Waals surface area (Å²) in [5, 5.41) is 19.7. The first-order valence-electron chi connectivity index (χ1n) is 8.73. The lowest BCUT2D eigenvalue weighted by Gasteiger charge is -2.16. The molecule has 0 spiro atoms. The third-order valence-electron chi connectivity index (χ3n) is 4.35. The van der Waals surface area contributed by atoms with Gasteiger partial charge in [0.05, 0.1) is 0 Å². The first-order valence-corrected chi connectivity index (χ1v) is 9.67. The largest absolute Gasteiger partial charge is 0.357 e. The second kappa shape index (κ2) is 8.28. The number of nitrogens with one attached hydrogen (secondary N) is 2. The molecule has 0 saturated heterocycles. The van der Waals surface area contributed by atoms with E-state index in [9.17, 15) is 0 Å². The van der Waals surface area contributed by atoms with Crippen LogP contribution in [0.3, 0.4) is 0 Å². The van der Waals surface area contributed by atoms with Crippen molar-refractivity contribution in [1.82, 2.24) is 25.4 Å². The molecule has 0 fully saturated rings. The average molecular weight is 347 g/mol. The highest BCUT2D eigenvalue weighted by Crippen LogP contribution is 2.17. The number of thiophene rings is 1. The Hall–Kier alpha value is -1.89. The second-order valence-electron chi connectivity index (χ2n) is 6.17. The Morgan fingerprint density at radius 3 is 3.08 bits per heavy atom. The molecule has 7 heteroatoms. The van der Waals surface area contributed by atoms with E-state index >= 15 is 0 Å². The summed E-state index contributed by atoms with van der Waals surface area (Å²) in [6, 6.07) is 2.18. The molecule has 1 aliphatic heterocycles. The minimum Gasteiger partial charge on any atom is -0.357 e. The lowest BCUT2D eigenvalue weighted by molar-refractivity contribution is 0.508. The molecule has 0 saturated carbocycles. The molecule has 0 radical (unpaired) electrons. The third kappa shape index (κ3) is 4.14. The van der Waals surface area contributed by atoms with Gasteiger partial charge >= 0.3 is 0 Å². The summed E-state index contributed by atoms with van der Waals surface area (Å²) in [6.45, 7) is 7.60. The molecule has 2 aromatic rings. The standard InChI is InChI=1S/C17H26N6S/c1-3-18-17(19-10-13(2)14-7-9-24-12-14)20-11-16-22-21-15-6-4-5-8-23(15)16/h7,9,12-13H,3-6,8,10-11H2,1-2H3,(H2,18,19,20). The summed E-state index contributed by atoms with van der Waals surface area (Å²) in [4.78, 5) is 4.69. The fourth-order valence-electron chi connectivity index (χ4n) is 2.90. The lowest BCUT2D eigenvalue weighted by atomic mass is 10.1. The van der Waals surface area contributed by atoms with Gasteiger partial charge in [-0.15, -0.1) is 10.2 Å². The predicted molar refractivity (Wildman–Crippen MR) is 98.5 cm³/mol. The van der Waals surface area contributed by atoms with Crippen LogP contribution < -0.4 is 10.6 Å². The maximum absolute atomic E-state index is 4.69. The average Bonchev–Trinajstić information content (AvgIpc) is 3.27. The van der Waals surface area contributed by atoms with Gasteiger partial charge in [-0.2, -0.15) is 11.3 Å². The van der Waals surface area contributed by atoms with Gasteiger partial charge in [-0.1, -0.05) is 6.92 Å². The van der Waals surface area contributed by atoms with E-state index in [2.05, 4.69) is 56.1 Å². The summed E-state index contributed by atoms with van der Waals surface area (Å²) >= 11 is 1.74. The number of guanidine groups is 1. The Labute approximate surface area is 147 Å². The smallest absolute Gasteiger partial charge is 0.191 e. The zero-order chi connectivity index (χ0) is 16.8. The SMILES string of the molecule is CCNC(=NCc1nnc2n1CCCC2)NCC(C)c1ccsc1. The number of aliphatic imine (C=N–C) groups is 1. The molecule has 24 heavy (non-hydrogen) atoms. The van der Waals surface area contributed by atoms with Crippen molar-refractivity contribution in [2.75, 3.05) is 13.1 Å². The minimum absolute atomic E-state index is 0.459. The van der Waals surface area contributed by atoms with Crippen LogP contribution in [0.2, 0.25) is 0 Å². The number of hydrogen-bond acceptors (Lipinski definition) is 4. The predicted octanol–water partition coefficient (Wildman–Crippen LogP) is 2.53. The third-order valence-corrected chi connectivity index (χ3v) is 5.05. The van der Waals surface area contributed by atoms with E-state index in [1.807, 2.05) is 0 Å². The fourth-order valence-corrected chi connectivity index (χ4v) is 3.68. The molecule has 0 aliphatic carbocycles. The van der Waals surface area contributed by atoms with Crippen LogP contribution in [0.25, 0.3) is 0 Å². The van der Waals surface area contributed by atoms with Crippen LogP contribution in [-0.4, -0.2) is 33.8 Å². The van der Waals surface area contributed by atoms with Gasteiger partial charge in [-0.05, 0) is 48.1 Å². The molecule has 2 aromatic heterocycles. The Kier molecular flexibility index (Phi) is 5.85. The number of rotatable bonds is 6. The van der Waals surface area contributed by atoms with Gasteiger partial charge in [0, 0.05) is 26.1 Å². The second-order valence-corrected chi connectivity index (χ2v) is 6.96. The van der Waals surface area contributed by atoms with Crippen molar-refractivity contribution in [2.24, 2.45) is 4.99 Å². The quantitative estimate of drug-likeness (QED) is 0.623. The van der Waals surface area contributed by atoms with E-state index in [1.165, 1.54) is 18.4 Å². The molecule has 3 rings (SSSR count). The minimum atomic E-state index is 0.459. The maximum Gasteiger partial charge on any atom is 0.191 e. The van der Waals surface area contributed by atoms with Gasteiger partial charge in [-0.25, -0.2) is 4.99 Å². The van der Waals surface area contributed by atoms with Crippen LogP contribution in [0.5, 0.6) is 0 Å². The summed E-state index contributed by atoms with van der Waals surface area (Å²) in [7, 11) is 0. The number of hydrogen-bond donors (Lipinski definition) is 2. The van der Waals surface area contributed by atoms with Gasteiger partial charge in [0.2, 0.25) is 0 Å². The first kappa shape index (κ1) is 17.0. The molecule has 6 nitrogen and oxygen atoms in total. The highest BCUT2D eigenvalue weighted by atomic mass is 32.1. The van der Waals surface area contributed by atoms with E-state index in [0.717, 1.165) is 43.7 Å². The Morgan fingerprint density at radius 2 is 2.29 bits per heavy atom. The van der Waals surface area contributed by atoms with E-state index in [-0.39, 0.29) is 0 Å². The highest BCUT2D eigenvalue weighted by molar-refractivity contribution is 7.07. The van der Waals surface area contributed by atoms with Gasteiger partial charge in [0.15, 0.2) is 11.8 Å². The van der Waals surface area contributed by atoms with Gasteiger partial charge < -0.3 is 15.2 Å². The molecule has 0 aromatic carbocycles. The van der Waals surface area contributed by atoms with Crippen LogP contribution in [0.1, 0.15) is 49.8 Å². The number of aryl methyl sites for hydroxylation is 1. The van der Waals surface area contributed by atoms with Crippen molar-refractivity contribution >= 4 is 17.3 Å². The van der Waals surface area contributed by atoms with Crippen molar-refractivity contribution in [1.29, 1.82) is 0 Å².